The highest BCUT2D eigenvalue weighted by atomic mass is 32.2. The maximum atomic E-state index is 12.5. The van der Waals surface area contributed by atoms with Crippen LogP contribution in [0.2, 0.25) is 0 Å². The predicted octanol–water partition coefficient (Wildman–Crippen LogP) is 3.40. The zero-order chi connectivity index (χ0) is 20.7. The van der Waals surface area contributed by atoms with Gasteiger partial charge in [-0.15, -0.1) is 0 Å². The molecule has 0 fully saturated rings. The summed E-state index contributed by atoms with van der Waals surface area (Å²) < 4.78 is 31.0. The summed E-state index contributed by atoms with van der Waals surface area (Å²) in [5, 5.41) is 0. The normalized spacial score (nSPS) is 11.7. The molecule has 0 saturated heterocycles. The highest BCUT2D eigenvalue weighted by Gasteiger charge is 2.21. The van der Waals surface area contributed by atoms with Crippen LogP contribution in [-0.2, 0) is 14.8 Å². The van der Waals surface area contributed by atoms with Gasteiger partial charge in [-0.25, -0.2) is 13.2 Å². The minimum Gasteiger partial charge on any atom is -0.465 e. The highest BCUT2D eigenvalue weighted by molar-refractivity contribution is 7.89. The van der Waals surface area contributed by atoms with Crippen molar-refractivity contribution >= 4 is 27.9 Å². The lowest BCUT2D eigenvalue weighted by Crippen LogP contribution is -2.30. The molecule has 0 aliphatic rings. The molecule has 0 amide bonds. The van der Waals surface area contributed by atoms with Crippen LogP contribution in [-0.4, -0.2) is 44.7 Å². The number of allylic oxidation sites excluding steroid dienone is 1. The Bertz CT molecular complexity index is 957. The van der Waals surface area contributed by atoms with E-state index >= 15 is 0 Å². The molecule has 0 N–H and O–H groups in total. The number of ketones is 1. The number of hydrogen-bond donors (Lipinski definition) is 0. The number of hydrogen-bond acceptors (Lipinski definition) is 5. The lowest BCUT2D eigenvalue weighted by atomic mass is 10.1. The molecule has 148 valence electrons. The number of nitrogens with zero attached hydrogens (tertiary/aromatic N) is 1. The molecule has 0 bridgehead atoms. The molecule has 2 aromatic carbocycles. The monoisotopic (exact) mass is 401 g/mol. The molecular formula is C21H23NO5S. The predicted molar refractivity (Wildman–Crippen MR) is 108 cm³/mol. The third-order valence-electron chi connectivity index (χ3n) is 4.24. The first-order valence-electron chi connectivity index (χ1n) is 8.84. The molecule has 0 atom stereocenters. The van der Waals surface area contributed by atoms with Crippen molar-refractivity contribution in [3.63, 3.8) is 0 Å². The molecule has 0 radical (unpaired) electrons. The Balaban J connectivity index is 2.13. The molecular weight excluding hydrogens is 378 g/mol. The van der Waals surface area contributed by atoms with Crippen LogP contribution in [0.3, 0.4) is 0 Å². The van der Waals surface area contributed by atoms with Gasteiger partial charge < -0.3 is 4.74 Å². The Kier molecular flexibility index (Phi) is 7.25. The lowest BCUT2D eigenvalue weighted by molar-refractivity contribution is 0.0600. The lowest BCUT2D eigenvalue weighted by Gasteiger charge is -2.18. The van der Waals surface area contributed by atoms with E-state index < -0.39 is 16.0 Å². The van der Waals surface area contributed by atoms with Gasteiger partial charge >= 0.3 is 5.97 Å². The van der Waals surface area contributed by atoms with E-state index in [-0.39, 0.29) is 10.7 Å². The number of benzene rings is 2. The minimum atomic E-state index is -3.55. The Morgan fingerprint density at radius 1 is 0.929 bits per heavy atom. The van der Waals surface area contributed by atoms with Gasteiger partial charge in [0.1, 0.15) is 0 Å². The summed E-state index contributed by atoms with van der Waals surface area (Å²) in [5.74, 6) is -0.671. The van der Waals surface area contributed by atoms with E-state index in [1.54, 1.807) is 44.2 Å². The first kappa shape index (κ1) is 21.5. The van der Waals surface area contributed by atoms with Gasteiger partial charge in [-0.2, -0.15) is 4.31 Å². The summed E-state index contributed by atoms with van der Waals surface area (Å²) in [7, 11) is -2.23. The van der Waals surface area contributed by atoms with Crippen LogP contribution in [0.25, 0.3) is 6.08 Å². The van der Waals surface area contributed by atoms with E-state index in [0.29, 0.717) is 24.2 Å². The van der Waals surface area contributed by atoms with Crippen molar-refractivity contribution in [3.05, 3.63) is 71.3 Å². The Labute approximate surface area is 165 Å². The second-order valence-electron chi connectivity index (χ2n) is 5.92. The molecule has 0 spiro atoms. The number of esters is 1. The van der Waals surface area contributed by atoms with Gasteiger partial charge in [0, 0.05) is 18.7 Å². The SMILES string of the molecule is CCN(CC)S(=O)(=O)c1ccc(C(=O)C=Cc2ccc(C(=O)OC)cc2)cc1. The number of carbonyl (C=O) groups excluding carboxylic acids is 2. The van der Waals surface area contributed by atoms with Crippen LogP contribution in [0.4, 0.5) is 0 Å². The van der Waals surface area contributed by atoms with Crippen LogP contribution < -0.4 is 0 Å². The fraction of sp³-hybridized carbons (Fsp3) is 0.238. The molecule has 0 unspecified atom stereocenters. The third kappa shape index (κ3) is 4.94. The number of rotatable bonds is 8. The standard InChI is InChI=1S/C21H23NO5S/c1-4-22(5-2)28(25,26)19-13-11-17(12-14-19)20(23)15-8-16-6-9-18(10-7-16)21(24)27-3/h6-15H,4-5H2,1-3H3. The molecule has 0 aliphatic heterocycles. The van der Waals surface area contributed by atoms with Crippen LogP contribution in [0.1, 0.15) is 40.1 Å². The third-order valence-corrected chi connectivity index (χ3v) is 6.31. The number of ether oxygens (including phenoxy) is 1. The van der Waals surface area contributed by atoms with E-state index in [1.165, 1.54) is 41.8 Å². The van der Waals surface area contributed by atoms with E-state index in [2.05, 4.69) is 4.74 Å². The zero-order valence-corrected chi connectivity index (χ0v) is 16.9. The fourth-order valence-corrected chi connectivity index (χ4v) is 4.08. The maximum Gasteiger partial charge on any atom is 0.337 e. The van der Waals surface area contributed by atoms with Crippen LogP contribution in [0, 0.1) is 0 Å². The van der Waals surface area contributed by atoms with Gasteiger partial charge in [-0.05, 0) is 48.0 Å². The van der Waals surface area contributed by atoms with E-state index in [4.69, 9.17) is 0 Å². The summed E-state index contributed by atoms with van der Waals surface area (Å²) in [5.41, 5.74) is 1.57. The molecule has 0 aromatic heterocycles. The molecule has 28 heavy (non-hydrogen) atoms. The average Bonchev–Trinajstić information content (AvgIpc) is 2.72. The number of carbonyl (C=O) groups is 2. The fourth-order valence-electron chi connectivity index (χ4n) is 2.62. The van der Waals surface area contributed by atoms with Gasteiger partial charge in [0.05, 0.1) is 17.6 Å². The van der Waals surface area contributed by atoms with Crippen LogP contribution in [0.5, 0.6) is 0 Å². The van der Waals surface area contributed by atoms with Crippen LogP contribution in [0.15, 0.2) is 59.5 Å². The van der Waals surface area contributed by atoms with Gasteiger partial charge in [-0.1, -0.05) is 32.1 Å². The summed E-state index contributed by atoms with van der Waals surface area (Å²) in [6, 6.07) is 12.5. The maximum absolute atomic E-state index is 12.5. The average molecular weight is 401 g/mol. The topological polar surface area (TPSA) is 80.8 Å². The molecule has 0 saturated carbocycles. The van der Waals surface area contributed by atoms with Crippen LogP contribution >= 0.6 is 0 Å². The summed E-state index contributed by atoms with van der Waals surface area (Å²) in [6.45, 7) is 4.33. The molecule has 7 heteroatoms. The molecule has 6 nitrogen and oxygen atoms in total. The Morgan fingerprint density at radius 2 is 1.46 bits per heavy atom. The molecule has 2 rings (SSSR count). The van der Waals surface area contributed by atoms with Crippen molar-refractivity contribution < 1.29 is 22.7 Å². The summed E-state index contributed by atoms with van der Waals surface area (Å²) in [6.07, 6.45) is 3.03. The first-order chi connectivity index (χ1) is 13.3. The van der Waals surface area contributed by atoms with Crippen molar-refractivity contribution in [1.82, 2.24) is 4.31 Å². The van der Waals surface area contributed by atoms with E-state index in [9.17, 15) is 18.0 Å². The van der Waals surface area contributed by atoms with Crippen molar-refractivity contribution in [2.24, 2.45) is 0 Å². The van der Waals surface area contributed by atoms with E-state index in [0.717, 1.165) is 5.56 Å². The van der Waals surface area contributed by atoms with Gasteiger partial charge in [0.15, 0.2) is 5.78 Å². The largest absolute Gasteiger partial charge is 0.465 e. The van der Waals surface area contributed by atoms with Crippen molar-refractivity contribution in [1.29, 1.82) is 0 Å². The highest BCUT2D eigenvalue weighted by Crippen LogP contribution is 2.17. The quantitative estimate of drug-likeness (QED) is 0.385. The van der Waals surface area contributed by atoms with Crippen molar-refractivity contribution in [3.8, 4) is 0 Å². The second kappa shape index (κ2) is 9.43. The minimum absolute atomic E-state index is 0.162. The molecule has 0 aliphatic carbocycles. The number of methoxy groups -OCH3 is 1. The summed E-state index contributed by atoms with van der Waals surface area (Å²) >= 11 is 0. The zero-order valence-electron chi connectivity index (χ0n) is 16.1. The van der Waals surface area contributed by atoms with Gasteiger partial charge in [-0.3, -0.25) is 4.79 Å². The second-order valence-corrected chi connectivity index (χ2v) is 7.86. The molecule has 2 aromatic rings. The van der Waals surface area contributed by atoms with Crippen molar-refractivity contribution in [2.75, 3.05) is 20.2 Å². The van der Waals surface area contributed by atoms with Gasteiger partial charge in [0.2, 0.25) is 10.0 Å². The number of sulfonamides is 1. The first-order valence-corrected chi connectivity index (χ1v) is 10.3. The van der Waals surface area contributed by atoms with Gasteiger partial charge in [0.25, 0.3) is 0 Å². The Morgan fingerprint density at radius 3 is 1.96 bits per heavy atom. The van der Waals surface area contributed by atoms with E-state index in [1.807, 2.05) is 0 Å². The molecule has 0 heterocycles. The Hall–Kier alpha value is -2.77. The van der Waals surface area contributed by atoms with Crippen molar-refractivity contribution in [2.45, 2.75) is 18.7 Å². The summed E-state index contributed by atoms with van der Waals surface area (Å²) in [4.78, 5) is 23.9. The smallest absolute Gasteiger partial charge is 0.337 e.